The molecule has 2 aromatic carbocycles. The third-order valence-corrected chi connectivity index (χ3v) is 4.15. The van der Waals surface area contributed by atoms with Gasteiger partial charge >= 0.3 is 0 Å². The van der Waals surface area contributed by atoms with Crippen molar-refractivity contribution >= 4 is 10.9 Å². The van der Waals surface area contributed by atoms with Crippen LogP contribution in [-0.4, -0.2) is 17.1 Å². The van der Waals surface area contributed by atoms with Crippen LogP contribution < -0.4 is 15.6 Å². The van der Waals surface area contributed by atoms with Crippen LogP contribution in [0.1, 0.15) is 37.3 Å². The molecule has 0 fully saturated rings. The number of fused-ring (bicyclic) bond motifs is 1. The maximum absolute atomic E-state index is 12.2. The zero-order valence-electron chi connectivity index (χ0n) is 14.0. The Kier molecular flexibility index (Phi) is 4.62. The van der Waals surface area contributed by atoms with Crippen molar-refractivity contribution in [1.29, 1.82) is 0 Å². The molecule has 0 aliphatic rings. The first-order valence-electron chi connectivity index (χ1n) is 7.98. The van der Waals surface area contributed by atoms with Crippen LogP contribution in [0, 0.1) is 0 Å². The van der Waals surface area contributed by atoms with Crippen molar-refractivity contribution in [3.63, 3.8) is 0 Å². The molecule has 1 aromatic heterocycles. The van der Waals surface area contributed by atoms with Crippen LogP contribution in [0.15, 0.2) is 53.3 Å². The quantitative estimate of drug-likeness (QED) is 0.756. The Hall–Kier alpha value is -2.66. The number of hydrogen-bond acceptors (Lipinski definition) is 4. The molecule has 0 saturated carbocycles. The molecule has 0 aliphatic carbocycles. The maximum atomic E-state index is 12.2. The summed E-state index contributed by atoms with van der Waals surface area (Å²) >= 11 is 0. The average Bonchev–Trinajstić information content (AvgIpc) is 2.61. The second-order valence-electron chi connectivity index (χ2n) is 5.82. The Labute approximate surface area is 140 Å². The Morgan fingerprint density at radius 2 is 1.75 bits per heavy atom. The van der Waals surface area contributed by atoms with Gasteiger partial charge in [-0.25, -0.2) is 4.98 Å². The fourth-order valence-electron chi connectivity index (χ4n) is 2.88. The lowest BCUT2D eigenvalue weighted by Crippen LogP contribution is -2.26. The van der Waals surface area contributed by atoms with Crippen LogP contribution in [0.4, 0.5) is 0 Å². The lowest BCUT2D eigenvalue weighted by atomic mass is 10.1. The van der Waals surface area contributed by atoms with Crippen molar-refractivity contribution in [2.75, 3.05) is 7.11 Å². The number of nitrogens with zero attached hydrogens (tertiary/aromatic N) is 1. The molecule has 124 valence electrons. The Morgan fingerprint density at radius 1 is 1.04 bits per heavy atom. The molecule has 0 saturated heterocycles. The van der Waals surface area contributed by atoms with E-state index in [1.807, 2.05) is 49.4 Å². The highest BCUT2D eigenvalue weighted by atomic mass is 16.5. The van der Waals surface area contributed by atoms with Crippen molar-refractivity contribution in [3.8, 4) is 5.75 Å². The fraction of sp³-hybridized carbons (Fsp3) is 0.263. The molecule has 24 heavy (non-hydrogen) atoms. The summed E-state index contributed by atoms with van der Waals surface area (Å²) in [5.41, 5.74) is 1.65. The first-order chi connectivity index (χ1) is 11.6. The second kappa shape index (κ2) is 6.84. The summed E-state index contributed by atoms with van der Waals surface area (Å²) in [7, 11) is 1.66. The van der Waals surface area contributed by atoms with Gasteiger partial charge < -0.3 is 15.0 Å². The summed E-state index contributed by atoms with van der Waals surface area (Å²) in [6.45, 7) is 4.05. The predicted molar refractivity (Wildman–Crippen MR) is 95.3 cm³/mol. The lowest BCUT2D eigenvalue weighted by Gasteiger charge is -2.21. The van der Waals surface area contributed by atoms with E-state index >= 15 is 0 Å². The highest BCUT2D eigenvalue weighted by Gasteiger charge is 2.16. The summed E-state index contributed by atoms with van der Waals surface area (Å²) in [5.74, 6) is 1.46. The van der Waals surface area contributed by atoms with Crippen LogP contribution >= 0.6 is 0 Å². The number of nitrogens with one attached hydrogen (secondary N) is 2. The third-order valence-electron chi connectivity index (χ3n) is 4.15. The summed E-state index contributed by atoms with van der Waals surface area (Å²) in [6.07, 6.45) is 0. The minimum Gasteiger partial charge on any atom is -0.496 e. The number of aromatic amines is 1. The van der Waals surface area contributed by atoms with E-state index in [4.69, 9.17) is 4.74 Å². The topological polar surface area (TPSA) is 67.0 Å². The molecule has 5 nitrogen and oxygen atoms in total. The maximum Gasteiger partial charge on any atom is 0.258 e. The van der Waals surface area contributed by atoms with E-state index < -0.39 is 0 Å². The van der Waals surface area contributed by atoms with Crippen molar-refractivity contribution in [3.05, 3.63) is 70.3 Å². The van der Waals surface area contributed by atoms with E-state index in [9.17, 15) is 4.79 Å². The monoisotopic (exact) mass is 323 g/mol. The number of ether oxygens (including phenoxy) is 1. The van der Waals surface area contributed by atoms with E-state index in [1.54, 1.807) is 13.2 Å². The number of H-pyrrole nitrogens is 1. The number of aromatic nitrogens is 2. The predicted octanol–water partition coefficient (Wildman–Crippen LogP) is 3.34. The minimum absolute atomic E-state index is 0.0490. The van der Waals surface area contributed by atoms with Gasteiger partial charge in [-0.3, -0.25) is 4.79 Å². The van der Waals surface area contributed by atoms with Crippen LogP contribution in [-0.2, 0) is 0 Å². The largest absolute Gasteiger partial charge is 0.496 e. The van der Waals surface area contributed by atoms with Gasteiger partial charge in [0.05, 0.1) is 24.1 Å². The van der Waals surface area contributed by atoms with Gasteiger partial charge in [0, 0.05) is 11.6 Å². The third kappa shape index (κ3) is 3.16. The average molecular weight is 323 g/mol. The highest BCUT2D eigenvalue weighted by molar-refractivity contribution is 5.77. The summed E-state index contributed by atoms with van der Waals surface area (Å²) in [6, 6.07) is 15.2. The molecule has 2 atom stereocenters. The molecule has 2 N–H and O–H groups in total. The van der Waals surface area contributed by atoms with E-state index in [-0.39, 0.29) is 17.6 Å². The molecular formula is C19H21N3O2. The zero-order valence-corrected chi connectivity index (χ0v) is 14.0. The SMILES string of the molecule is COc1ccccc1[C@@H](C)N[C@@H](C)c1nc2ccccc2c(=O)[nH]1. The molecular weight excluding hydrogens is 302 g/mol. The van der Waals surface area contributed by atoms with Crippen LogP contribution in [0.5, 0.6) is 5.75 Å². The number of para-hydroxylation sites is 2. The van der Waals surface area contributed by atoms with Gasteiger partial charge in [-0.1, -0.05) is 30.3 Å². The Morgan fingerprint density at radius 3 is 2.54 bits per heavy atom. The smallest absolute Gasteiger partial charge is 0.258 e. The van der Waals surface area contributed by atoms with E-state index in [0.29, 0.717) is 16.7 Å². The number of benzene rings is 2. The van der Waals surface area contributed by atoms with Gasteiger partial charge in [0.15, 0.2) is 0 Å². The normalized spacial score (nSPS) is 13.6. The standard InChI is InChI=1S/C19H21N3O2/c1-12(14-8-5-7-11-17(14)24-3)20-13(2)18-21-16-10-6-4-9-15(16)19(23)22-18/h4-13,20H,1-3H3,(H,21,22,23)/t12-,13+/m1/s1. The molecule has 0 radical (unpaired) electrons. The lowest BCUT2D eigenvalue weighted by molar-refractivity contribution is 0.395. The van der Waals surface area contributed by atoms with Crippen LogP contribution in [0.25, 0.3) is 10.9 Å². The number of rotatable bonds is 5. The molecule has 0 aliphatic heterocycles. The number of hydrogen-bond donors (Lipinski definition) is 2. The molecule has 1 heterocycles. The van der Waals surface area contributed by atoms with Crippen molar-refractivity contribution in [1.82, 2.24) is 15.3 Å². The van der Waals surface area contributed by atoms with Gasteiger partial charge in [-0.2, -0.15) is 0 Å². The molecule has 0 amide bonds. The van der Waals surface area contributed by atoms with Crippen LogP contribution in [0.3, 0.4) is 0 Å². The second-order valence-corrected chi connectivity index (χ2v) is 5.82. The van der Waals surface area contributed by atoms with E-state index in [0.717, 1.165) is 11.3 Å². The zero-order chi connectivity index (χ0) is 17.1. The van der Waals surface area contributed by atoms with Gasteiger partial charge in [0.25, 0.3) is 5.56 Å². The summed E-state index contributed by atoms with van der Waals surface area (Å²) in [4.78, 5) is 19.7. The van der Waals surface area contributed by atoms with Crippen LogP contribution in [0.2, 0.25) is 0 Å². The molecule has 3 rings (SSSR count). The molecule has 5 heteroatoms. The molecule has 0 unspecified atom stereocenters. The van der Waals surface area contributed by atoms with Crippen molar-refractivity contribution in [2.45, 2.75) is 25.9 Å². The minimum atomic E-state index is -0.116. The number of methoxy groups -OCH3 is 1. The fourth-order valence-corrected chi connectivity index (χ4v) is 2.88. The van der Waals surface area contributed by atoms with Gasteiger partial charge in [0.2, 0.25) is 0 Å². The van der Waals surface area contributed by atoms with Gasteiger partial charge in [-0.05, 0) is 32.0 Å². The van der Waals surface area contributed by atoms with Crippen molar-refractivity contribution in [2.24, 2.45) is 0 Å². The molecule has 0 spiro atoms. The van der Waals surface area contributed by atoms with Gasteiger partial charge in [0.1, 0.15) is 11.6 Å². The highest BCUT2D eigenvalue weighted by Crippen LogP contribution is 2.26. The molecule has 0 bridgehead atoms. The first kappa shape index (κ1) is 16.2. The van der Waals surface area contributed by atoms with Crippen molar-refractivity contribution < 1.29 is 4.74 Å². The summed E-state index contributed by atoms with van der Waals surface area (Å²) in [5, 5.41) is 4.07. The molecule has 3 aromatic rings. The van der Waals surface area contributed by atoms with E-state index in [2.05, 4.69) is 22.2 Å². The Bertz CT molecular complexity index is 904. The Balaban J connectivity index is 1.87. The summed E-state index contributed by atoms with van der Waals surface area (Å²) < 4.78 is 5.42. The van der Waals surface area contributed by atoms with E-state index in [1.165, 1.54) is 0 Å². The first-order valence-corrected chi connectivity index (χ1v) is 7.98. The van der Waals surface area contributed by atoms with Gasteiger partial charge in [-0.15, -0.1) is 0 Å².